The molecule has 1 aromatic carbocycles. The van der Waals surface area contributed by atoms with E-state index in [1.807, 2.05) is 0 Å². The molecule has 1 fully saturated rings. The lowest BCUT2D eigenvalue weighted by Crippen LogP contribution is -2.31. The quantitative estimate of drug-likeness (QED) is 0.817. The van der Waals surface area contributed by atoms with E-state index in [9.17, 15) is 0 Å². The highest BCUT2D eigenvalue weighted by Gasteiger charge is 2.22. The molecule has 1 saturated heterocycles. The van der Waals surface area contributed by atoms with Gasteiger partial charge in [-0.1, -0.05) is 24.3 Å². The maximum atomic E-state index is 5.91. The highest BCUT2D eigenvalue weighted by atomic mass is 15.2. The molecule has 1 aliphatic rings. The maximum Gasteiger partial charge on any atom is 0.0473 e. The van der Waals surface area contributed by atoms with Gasteiger partial charge in [-0.05, 0) is 44.0 Å². The minimum absolute atomic E-state index is 0.425. The molecule has 2 rings (SSSR count). The molecule has 2 heteroatoms. The number of likely N-dealkylation sites (tertiary alicyclic amines) is 1. The van der Waals surface area contributed by atoms with Crippen molar-refractivity contribution < 1.29 is 0 Å². The molecule has 0 spiro atoms. The molecule has 0 saturated carbocycles. The summed E-state index contributed by atoms with van der Waals surface area (Å²) >= 11 is 0. The fourth-order valence-corrected chi connectivity index (χ4v) is 2.49. The molecule has 15 heavy (non-hydrogen) atoms. The SMILES string of the molecule is Cc1ccccc1[C@@H](CN)N1CCCC1. The van der Waals surface area contributed by atoms with Crippen LogP contribution in [0, 0.1) is 6.92 Å². The first-order valence-electron chi connectivity index (χ1n) is 5.82. The van der Waals surface area contributed by atoms with E-state index < -0.39 is 0 Å². The van der Waals surface area contributed by atoms with Crippen LogP contribution in [0.4, 0.5) is 0 Å². The van der Waals surface area contributed by atoms with Crippen LogP contribution in [0.25, 0.3) is 0 Å². The van der Waals surface area contributed by atoms with Crippen molar-refractivity contribution in [3.63, 3.8) is 0 Å². The van der Waals surface area contributed by atoms with Gasteiger partial charge in [-0.25, -0.2) is 0 Å². The average Bonchev–Trinajstić information content (AvgIpc) is 2.75. The molecule has 0 amide bonds. The Bertz CT molecular complexity index is 316. The number of nitrogens with two attached hydrogens (primary N) is 1. The molecule has 2 nitrogen and oxygen atoms in total. The monoisotopic (exact) mass is 204 g/mol. The summed E-state index contributed by atoms with van der Waals surface area (Å²) in [5.41, 5.74) is 8.68. The first-order valence-corrected chi connectivity index (χ1v) is 5.82. The van der Waals surface area contributed by atoms with Crippen molar-refractivity contribution in [1.29, 1.82) is 0 Å². The molecule has 1 atom stereocenters. The summed E-state index contributed by atoms with van der Waals surface area (Å²) in [6.45, 7) is 5.31. The van der Waals surface area contributed by atoms with Gasteiger partial charge in [0.15, 0.2) is 0 Å². The normalized spacial score (nSPS) is 19.3. The summed E-state index contributed by atoms with van der Waals surface area (Å²) in [6, 6.07) is 9.02. The van der Waals surface area contributed by atoms with Gasteiger partial charge in [0, 0.05) is 12.6 Å². The van der Waals surface area contributed by atoms with Crippen LogP contribution in [-0.4, -0.2) is 24.5 Å². The zero-order chi connectivity index (χ0) is 10.7. The van der Waals surface area contributed by atoms with Crippen molar-refractivity contribution in [2.24, 2.45) is 5.73 Å². The fourth-order valence-electron chi connectivity index (χ4n) is 2.49. The van der Waals surface area contributed by atoms with Crippen LogP contribution in [-0.2, 0) is 0 Å². The zero-order valence-electron chi connectivity index (χ0n) is 9.45. The van der Waals surface area contributed by atoms with Crippen molar-refractivity contribution in [2.75, 3.05) is 19.6 Å². The number of benzene rings is 1. The molecule has 0 bridgehead atoms. The summed E-state index contributed by atoms with van der Waals surface area (Å²) in [6.07, 6.45) is 2.64. The Morgan fingerprint density at radius 3 is 2.53 bits per heavy atom. The van der Waals surface area contributed by atoms with Crippen molar-refractivity contribution in [3.8, 4) is 0 Å². The van der Waals surface area contributed by atoms with Crippen LogP contribution in [0.1, 0.15) is 30.0 Å². The first-order chi connectivity index (χ1) is 7.33. The second-order valence-electron chi connectivity index (χ2n) is 4.35. The van der Waals surface area contributed by atoms with Gasteiger partial charge in [0.05, 0.1) is 0 Å². The molecule has 0 aromatic heterocycles. The predicted octanol–water partition coefficient (Wildman–Crippen LogP) is 2.09. The Labute approximate surface area is 92.1 Å². The molecule has 0 unspecified atom stereocenters. The van der Waals surface area contributed by atoms with Gasteiger partial charge >= 0.3 is 0 Å². The van der Waals surface area contributed by atoms with Crippen molar-refractivity contribution in [3.05, 3.63) is 35.4 Å². The van der Waals surface area contributed by atoms with Gasteiger partial charge in [0.2, 0.25) is 0 Å². The predicted molar refractivity (Wildman–Crippen MR) is 63.8 cm³/mol. The van der Waals surface area contributed by atoms with E-state index in [-0.39, 0.29) is 0 Å². The Balaban J connectivity index is 2.22. The molecular formula is C13H20N2. The lowest BCUT2D eigenvalue weighted by molar-refractivity contribution is 0.250. The highest BCUT2D eigenvalue weighted by molar-refractivity contribution is 5.29. The molecular weight excluding hydrogens is 184 g/mol. The van der Waals surface area contributed by atoms with Crippen LogP contribution < -0.4 is 5.73 Å². The summed E-state index contributed by atoms with van der Waals surface area (Å²) in [5.74, 6) is 0. The number of rotatable bonds is 3. The van der Waals surface area contributed by atoms with E-state index in [2.05, 4.69) is 36.1 Å². The third-order valence-corrected chi connectivity index (χ3v) is 3.35. The van der Waals surface area contributed by atoms with E-state index in [1.54, 1.807) is 0 Å². The molecule has 1 aromatic rings. The fraction of sp³-hybridized carbons (Fsp3) is 0.538. The van der Waals surface area contributed by atoms with Gasteiger partial charge in [-0.3, -0.25) is 4.90 Å². The Morgan fingerprint density at radius 1 is 1.27 bits per heavy atom. The largest absolute Gasteiger partial charge is 0.329 e. The smallest absolute Gasteiger partial charge is 0.0473 e. The third-order valence-electron chi connectivity index (χ3n) is 3.35. The van der Waals surface area contributed by atoms with E-state index in [0.29, 0.717) is 6.04 Å². The van der Waals surface area contributed by atoms with Crippen molar-refractivity contribution in [2.45, 2.75) is 25.8 Å². The maximum absolute atomic E-state index is 5.91. The second kappa shape index (κ2) is 4.77. The first kappa shape index (κ1) is 10.7. The lowest BCUT2D eigenvalue weighted by atomic mass is 10.0. The van der Waals surface area contributed by atoms with E-state index in [1.165, 1.54) is 37.1 Å². The third kappa shape index (κ3) is 2.21. The van der Waals surface area contributed by atoms with Crippen LogP contribution in [0.3, 0.4) is 0 Å². The van der Waals surface area contributed by atoms with Crippen LogP contribution in [0.2, 0.25) is 0 Å². The van der Waals surface area contributed by atoms with E-state index >= 15 is 0 Å². The number of hydrogen-bond acceptors (Lipinski definition) is 2. The number of aryl methyl sites for hydroxylation is 1. The summed E-state index contributed by atoms with van der Waals surface area (Å²) < 4.78 is 0. The Hall–Kier alpha value is -0.860. The van der Waals surface area contributed by atoms with Crippen molar-refractivity contribution in [1.82, 2.24) is 4.90 Å². The van der Waals surface area contributed by atoms with Gasteiger partial charge in [-0.2, -0.15) is 0 Å². The Kier molecular flexibility index (Phi) is 3.39. The molecule has 1 heterocycles. The summed E-state index contributed by atoms with van der Waals surface area (Å²) in [7, 11) is 0. The topological polar surface area (TPSA) is 29.3 Å². The summed E-state index contributed by atoms with van der Waals surface area (Å²) in [4.78, 5) is 2.52. The van der Waals surface area contributed by atoms with Crippen LogP contribution in [0.15, 0.2) is 24.3 Å². The van der Waals surface area contributed by atoms with Gasteiger partial charge in [0.1, 0.15) is 0 Å². The standard InChI is InChI=1S/C13H20N2/c1-11-6-2-3-7-12(11)13(10-14)15-8-4-5-9-15/h2-3,6-7,13H,4-5,8-10,14H2,1H3/t13-/m1/s1. The van der Waals surface area contributed by atoms with Gasteiger partial charge in [0.25, 0.3) is 0 Å². The van der Waals surface area contributed by atoms with E-state index in [0.717, 1.165) is 6.54 Å². The molecule has 1 aliphatic heterocycles. The van der Waals surface area contributed by atoms with Crippen molar-refractivity contribution >= 4 is 0 Å². The van der Waals surface area contributed by atoms with Crippen LogP contribution in [0.5, 0.6) is 0 Å². The molecule has 0 radical (unpaired) electrons. The minimum atomic E-state index is 0.425. The number of nitrogens with zero attached hydrogens (tertiary/aromatic N) is 1. The lowest BCUT2D eigenvalue weighted by Gasteiger charge is -2.27. The average molecular weight is 204 g/mol. The van der Waals surface area contributed by atoms with Gasteiger partial charge < -0.3 is 5.73 Å². The zero-order valence-corrected chi connectivity index (χ0v) is 9.45. The Morgan fingerprint density at radius 2 is 1.93 bits per heavy atom. The molecule has 82 valence electrons. The minimum Gasteiger partial charge on any atom is -0.329 e. The number of hydrogen-bond donors (Lipinski definition) is 1. The van der Waals surface area contributed by atoms with Gasteiger partial charge in [-0.15, -0.1) is 0 Å². The molecule has 2 N–H and O–H groups in total. The highest BCUT2D eigenvalue weighted by Crippen LogP contribution is 2.26. The second-order valence-corrected chi connectivity index (χ2v) is 4.35. The van der Waals surface area contributed by atoms with E-state index in [4.69, 9.17) is 5.73 Å². The van der Waals surface area contributed by atoms with Crippen LogP contribution >= 0.6 is 0 Å². The summed E-state index contributed by atoms with van der Waals surface area (Å²) in [5, 5.41) is 0. The molecule has 0 aliphatic carbocycles.